The molecule has 0 radical (unpaired) electrons. The number of carbonyl (C=O) groups is 4. The van der Waals surface area contributed by atoms with Crippen LogP contribution in [0.1, 0.15) is 50.9 Å². The van der Waals surface area contributed by atoms with Crippen LogP contribution < -0.4 is 10.6 Å². The molecular formula is C22H21N3O7S. The van der Waals surface area contributed by atoms with Gasteiger partial charge in [0.25, 0.3) is 11.8 Å². The highest BCUT2D eigenvalue weighted by Gasteiger charge is 2.44. The molecule has 4 rings (SSSR count). The van der Waals surface area contributed by atoms with Crippen molar-refractivity contribution < 1.29 is 32.7 Å². The molecule has 0 saturated carbocycles. The number of rotatable bonds is 5. The molecule has 2 aromatic carbocycles. The van der Waals surface area contributed by atoms with Crippen LogP contribution in [0.4, 0.5) is 0 Å². The molecule has 4 amide bonds. The van der Waals surface area contributed by atoms with E-state index in [0.29, 0.717) is 11.1 Å². The number of benzene rings is 2. The van der Waals surface area contributed by atoms with Crippen LogP contribution in [0.15, 0.2) is 47.4 Å². The number of carbonyl (C=O) groups excluding carboxylic acids is 4. The number of imide groups is 1. The van der Waals surface area contributed by atoms with Crippen LogP contribution in [0.5, 0.6) is 0 Å². The van der Waals surface area contributed by atoms with Crippen molar-refractivity contribution in [2.24, 2.45) is 0 Å². The maximum absolute atomic E-state index is 12.9. The van der Waals surface area contributed by atoms with E-state index in [2.05, 4.69) is 10.6 Å². The van der Waals surface area contributed by atoms with Gasteiger partial charge in [0.2, 0.25) is 11.8 Å². The Kier molecular flexibility index (Phi) is 5.76. The van der Waals surface area contributed by atoms with E-state index in [1.54, 1.807) is 18.2 Å². The monoisotopic (exact) mass is 471 g/mol. The maximum Gasteiger partial charge on any atom is 0.257 e. The van der Waals surface area contributed by atoms with Crippen molar-refractivity contribution in [3.8, 4) is 0 Å². The lowest BCUT2D eigenvalue weighted by molar-refractivity contribution is -0.139. The molecule has 0 bridgehead atoms. The van der Waals surface area contributed by atoms with Gasteiger partial charge in [0, 0.05) is 35.9 Å². The Morgan fingerprint density at radius 2 is 1.85 bits per heavy atom. The van der Waals surface area contributed by atoms with Crippen LogP contribution in [0.25, 0.3) is 0 Å². The lowest BCUT2D eigenvalue weighted by atomic mass is 10.0. The standard InChI is InChI=1S/C22H21N3O7S/c1-33(31,32)14-5-3-13(4-6-14)19(27)23-11-12-2-7-15-16(10-12)22(30)25(21(15)29)17-8-9-18(26)24-20(17)28/h2-7,10,17,21,29H,8-9,11H2,1H3,(H,23,27)(H,24,26,28). The summed E-state index contributed by atoms with van der Waals surface area (Å²) in [6.45, 7) is 0.0851. The summed E-state index contributed by atoms with van der Waals surface area (Å²) >= 11 is 0. The number of amides is 4. The minimum absolute atomic E-state index is 0.0751. The van der Waals surface area contributed by atoms with Gasteiger partial charge in [-0.1, -0.05) is 12.1 Å². The molecule has 1 saturated heterocycles. The number of fused-ring (bicyclic) bond motifs is 1. The summed E-state index contributed by atoms with van der Waals surface area (Å²) in [7, 11) is -3.36. The van der Waals surface area contributed by atoms with Crippen LogP contribution in [0.3, 0.4) is 0 Å². The van der Waals surface area contributed by atoms with Crippen molar-refractivity contribution >= 4 is 33.5 Å². The van der Waals surface area contributed by atoms with Gasteiger partial charge < -0.3 is 10.4 Å². The van der Waals surface area contributed by atoms with E-state index in [0.717, 1.165) is 11.2 Å². The number of sulfone groups is 1. The first-order valence-corrected chi connectivity index (χ1v) is 12.0. The first-order valence-electron chi connectivity index (χ1n) is 10.1. The number of aliphatic hydroxyl groups excluding tert-OH is 1. The fourth-order valence-corrected chi connectivity index (χ4v) is 4.55. The van der Waals surface area contributed by atoms with Crippen LogP contribution >= 0.6 is 0 Å². The van der Waals surface area contributed by atoms with Gasteiger partial charge in [0.15, 0.2) is 16.1 Å². The Morgan fingerprint density at radius 3 is 2.48 bits per heavy atom. The van der Waals surface area contributed by atoms with E-state index >= 15 is 0 Å². The van der Waals surface area contributed by atoms with Crippen LogP contribution in [0, 0.1) is 0 Å². The zero-order chi connectivity index (χ0) is 23.9. The molecule has 10 nitrogen and oxygen atoms in total. The number of nitrogens with zero attached hydrogens (tertiary/aromatic N) is 1. The molecule has 2 atom stereocenters. The molecule has 0 aromatic heterocycles. The number of aliphatic hydroxyl groups is 1. The molecule has 0 aliphatic carbocycles. The molecular weight excluding hydrogens is 450 g/mol. The third-order valence-electron chi connectivity index (χ3n) is 5.67. The molecule has 11 heteroatoms. The molecule has 2 heterocycles. The molecule has 2 aromatic rings. The van der Waals surface area contributed by atoms with Gasteiger partial charge in [-0.05, 0) is 42.3 Å². The third-order valence-corrected chi connectivity index (χ3v) is 6.80. The quantitative estimate of drug-likeness (QED) is 0.530. The van der Waals surface area contributed by atoms with E-state index in [-0.39, 0.29) is 35.4 Å². The van der Waals surface area contributed by atoms with Gasteiger partial charge in [0.1, 0.15) is 6.04 Å². The molecule has 33 heavy (non-hydrogen) atoms. The summed E-state index contributed by atoms with van der Waals surface area (Å²) in [5.41, 5.74) is 1.44. The highest BCUT2D eigenvalue weighted by atomic mass is 32.2. The van der Waals surface area contributed by atoms with E-state index in [4.69, 9.17) is 0 Å². The maximum atomic E-state index is 12.9. The second-order valence-corrected chi connectivity index (χ2v) is 9.97. The average molecular weight is 471 g/mol. The molecule has 2 unspecified atom stereocenters. The smallest absolute Gasteiger partial charge is 0.257 e. The normalized spacial score (nSPS) is 20.4. The lowest BCUT2D eigenvalue weighted by Gasteiger charge is -2.31. The van der Waals surface area contributed by atoms with Crippen molar-refractivity contribution in [1.82, 2.24) is 15.5 Å². The number of nitrogens with one attached hydrogen (secondary N) is 2. The second-order valence-electron chi connectivity index (χ2n) is 7.95. The molecule has 172 valence electrons. The van der Waals surface area contributed by atoms with Crippen molar-refractivity contribution in [3.05, 3.63) is 64.7 Å². The molecule has 2 aliphatic heterocycles. The molecule has 2 aliphatic rings. The average Bonchev–Trinajstić information content (AvgIpc) is 3.01. The minimum atomic E-state index is -3.36. The SMILES string of the molecule is CS(=O)(=O)c1ccc(C(=O)NCc2ccc3c(c2)C(=O)N(C2CCC(=O)NC2=O)C3O)cc1. The first kappa shape index (κ1) is 22.6. The van der Waals surface area contributed by atoms with Crippen molar-refractivity contribution in [2.75, 3.05) is 6.26 Å². The Hall–Kier alpha value is -3.57. The Labute approximate surface area is 189 Å². The van der Waals surface area contributed by atoms with Crippen molar-refractivity contribution in [2.45, 2.75) is 36.6 Å². The van der Waals surface area contributed by atoms with Crippen LogP contribution in [-0.2, 0) is 26.0 Å². The van der Waals surface area contributed by atoms with Crippen molar-refractivity contribution in [3.63, 3.8) is 0 Å². The summed E-state index contributed by atoms with van der Waals surface area (Å²) in [6, 6.07) is 9.32. The summed E-state index contributed by atoms with van der Waals surface area (Å²) in [5, 5.41) is 15.5. The largest absolute Gasteiger partial charge is 0.369 e. The first-order chi connectivity index (χ1) is 15.6. The van der Waals surface area contributed by atoms with Gasteiger partial charge in [-0.2, -0.15) is 0 Å². The number of hydrogen-bond acceptors (Lipinski definition) is 7. The van der Waals surface area contributed by atoms with Gasteiger partial charge in [-0.25, -0.2) is 8.42 Å². The Balaban J connectivity index is 1.46. The van der Waals surface area contributed by atoms with Gasteiger partial charge in [0.05, 0.1) is 4.90 Å². The second kappa shape index (κ2) is 8.41. The van der Waals surface area contributed by atoms with Crippen LogP contribution in [-0.4, -0.2) is 54.4 Å². The zero-order valence-corrected chi connectivity index (χ0v) is 18.4. The number of hydrogen-bond donors (Lipinski definition) is 3. The summed E-state index contributed by atoms with van der Waals surface area (Å²) in [6.07, 6.45) is -0.0302. The van der Waals surface area contributed by atoms with Crippen molar-refractivity contribution in [1.29, 1.82) is 0 Å². The summed E-state index contributed by atoms with van der Waals surface area (Å²) in [4.78, 5) is 50.1. The predicted molar refractivity (Wildman–Crippen MR) is 114 cm³/mol. The zero-order valence-electron chi connectivity index (χ0n) is 17.6. The van der Waals surface area contributed by atoms with E-state index in [9.17, 15) is 32.7 Å². The predicted octanol–water partition coefficient (Wildman–Crippen LogP) is 0.272. The van der Waals surface area contributed by atoms with E-state index in [1.807, 2.05) is 0 Å². The molecule has 3 N–H and O–H groups in total. The highest BCUT2D eigenvalue weighted by Crippen LogP contribution is 2.35. The minimum Gasteiger partial charge on any atom is -0.369 e. The third kappa shape index (κ3) is 4.37. The Bertz CT molecular complexity index is 1270. The van der Waals surface area contributed by atoms with E-state index < -0.39 is 45.7 Å². The summed E-state index contributed by atoms with van der Waals surface area (Å²) in [5.74, 6) is -2.00. The molecule has 1 fully saturated rings. The fraction of sp³-hybridized carbons (Fsp3) is 0.273. The highest BCUT2D eigenvalue weighted by molar-refractivity contribution is 7.90. The molecule has 0 spiro atoms. The number of piperidine rings is 1. The van der Waals surface area contributed by atoms with Gasteiger partial charge in [-0.3, -0.25) is 29.4 Å². The summed E-state index contributed by atoms with van der Waals surface area (Å²) < 4.78 is 23.1. The fourth-order valence-electron chi connectivity index (χ4n) is 3.92. The topological polar surface area (TPSA) is 150 Å². The Morgan fingerprint density at radius 1 is 1.15 bits per heavy atom. The van der Waals surface area contributed by atoms with Crippen LogP contribution in [0.2, 0.25) is 0 Å². The lowest BCUT2D eigenvalue weighted by Crippen LogP contribution is -2.53. The van der Waals surface area contributed by atoms with Gasteiger partial charge >= 0.3 is 0 Å². The van der Waals surface area contributed by atoms with E-state index in [1.165, 1.54) is 24.3 Å². The van der Waals surface area contributed by atoms with Gasteiger partial charge in [-0.15, -0.1) is 0 Å².